The molecule has 2 aromatic carbocycles. The van der Waals surface area contributed by atoms with Crippen molar-refractivity contribution in [2.75, 3.05) is 13.2 Å². The number of phenolic OH excluding ortho intramolecular Hbond substituents is 1. The summed E-state index contributed by atoms with van der Waals surface area (Å²) in [7, 11) is -1.95. The molecular formula is C33H42N2O4SSi. The molecular weight excluding hydrogens is 549 g/mol. The molecule has 1 aromatic heterocycles. The Hall–Kier alpha value is -2.68. The summed E-state index contributed by atoms with van der Waals surface area (Å²) in [6, 6.07) is 13.6. The Kier molecular flexibility index (Phi) is 6.90. The van der Waals surface area contributed by atoms with Gasteiger partial charge in [0.05, 0.1) is 22.4 Å². The van der Waals surface area contributed by atoms with Crippen LogP contribution in [0.1, 0.15) is 68.2 Å². The number of carbonyl (C=O) groups is 1. The SMILES string of the molecule is C=C1C2(OCCNC(=O)c3nc4ccc(O[Si](C)(C)C(C)(C)C)cc4s3)CC3CC(C2)CC1(c1cccc(O)c1)C3. The van der Waals surface area contributed by atoms with Crippen molar-refractivity contribution in [2.45, 2.75) is 82.0 Å². The second-order valence-electron chi connectivity index (χ2n) is 14.0. The van der Waals surface area contributed by atoms with Crippen LogP contribution in [0.15, 0.2) is 54.6 Å². The Labute approximate surface area is 248 Å². The van der Waals surface area contributed by atoms with Crippen LogP contribution in [0.4, 0.5) is 0 Å². The van der Waals surface area contributed by atoms with Gasteiger partial charge in [-0.3, -0.25) is 4.79 Å². The van der Waals surface area contributed by atoms with Crippen molar-refractivity contribution in [3.05, 3.63) is 65.2 Å². The minimum Gasteiger partial charge on any atom is -0.543 e. The summed E-state index contributed by atoms with van der Waals surface area (Å²) in [5, 5.41) is 13.8. The summed E-state index contributed by atoms with van der Waals surface area (Å²) in [6.45, 7) is 16.6. The molecule has 1 heterocycles. The van der Waals surface area contributed by atoms with Gasteiger partial charge in [0.1, 0.15) is 11.5 Å². The molecule has 4 bridgehead atoms. The number of carbonyl (C=O) groups excluding carboxylic acids is 1. The molecule has 7 rings (SSSR count). The molecule has 4 saturated carbocycles. The zero-order chi connectivity index (χ0) is 29.2. The van der Waals surface area contributed by atoms with E-state index in [0.717, 1.165) is 52.8 Å². The van der Waals surface area contributed by atoms with Crippen molar-refractivity contribution in [3.8, 4) is 11.5 Å². The van der Waals surface area contributed by atoms with E-state index >= 15 is 0 Å². The molecule has 2 atom stereocenters. The molecule has 3 aromatic rings. The Balaban J connectivity index is 1.10. The van der Waals surface area contributed by atoms with Crippen molar-refractivity contribution < 1.29 is 19.1 Å². The van der Waals surface area contributed by atoms with Crippen LogP contribution in [0, 0.1) is 11.8 Å². The number of rotatable bonds is 8. The lowest BCUT2D eigenvalue weighted by Gasteiger charge is -2.63. The summed E-state index contributed by atoms with van der Waals surface area (Å²) in [6.07, 6.45) is 5.39. The number of aromatic hydroxyl groups is 1. The maximum atomic E-state index is 13.0. The first-order valence-electron chi connectivity index (χ1n) is 14.8. The molecule has 1 amide bonds. The molecule has 0 spiro atoms. The fourth-order valence-electron chi connectivity index (χ4n) is 7.38. The van der Waals surface area contributed by atoms with Gasteiger partial charge in [0.15, 0.2) is 5.01 Å². The molecule has 0 aliphatic heterocycles. The number of hydrogen-bond acceptors (Lipinski definition) is 6. The van der Waals surface area contributed by atoms with Gasteiger partial charge in [0, 0.05) is 12.0 Å². The summed E-state index contributed by atoms with van der Waals surface area (Å²) in [4.78, 5) is 17.6. The molecule has 8 heteroatoms. The van der Waals surface area contributed by atoms with Gasteiger partial charge in [-0.15, -0.1) is 11.3 Å². The van der Waals surface area contributed by atoms with E-state index in [1.807, 2.05) is 30.3 Å². The smallest absolute Gasteiger partial charge is 0.280 e. The summed E-state index contributed by atoms with van der Waals surface area (Å²) in [5.74, 6) is 2.16. The van der Waals surface area contributed by atoms with Crippen LogP contribution in [-0.4, -0.2) is 43.1 Å². The number of hydrogen-bond donors (Lipinski definition) is 2. The second kappa shape index (κ2) is 9.95. The largest absolute Gasteiger partial charge is 0.543 e. The van der Waals surface area contributed by atoms with Gasteiger partial charge >= 0.3 is 0 Å². The van der Waals surface area contributed by atoms with Crippen molar-refractivity contribution in [1.82, 2.24) is 10.3 Å². The van der Waals surface area contributed by atoms with E-state index in [0.29, 0.717) is 35.7 Å². The number of thiazole rings is 1. The molecule has 218 valence electrons. The van der Waals surface area contributed by atoms with Crippen molar-refractivity contribution in [3.63, 3.8) is 0 Å². The average molecular weight is 591 g/mol. The number of nitrogens with zero attached hydrogens (tertiary/aromatic N) is 1. The second-order valence-corrected chi connectivity index (χ2v) is 19.8. The van der Waals surface area contributed by atoms with E-state index in [9.17, 15) is 9.90 Å². The normalized spacial score (nSPS) is 27.4. The van der Waals surface area contributed by atoms with Gasteiger partial charge in [0.2, 0.25) is 8.32 Å². The average Bonchev–Trinajstić information content (AvgIpc) is 3.32. The van der Waals surface area contributed by atoms with Gasteiger partial charge in [-0.1, -0.05) is 39.5 Å². The van der Waals surface area contributed by atoms with Gasteiger partial charge in [0.25, 0.3) is 5.91 Å². The van der Waals surface area contributed by atoms with Crippen LogP contribution >= 0.6 is 11.3 Å². The van der Waals surface area contributed by atoms with E-state index in [4.69, 9.17) is 9.16 Å². The number of nitrogens with one attached hydrogen (secondary N) is 1. The van der Waals surface area contributed by atoms with Gasteiger partial charge in [-0.2, -0.15) is 0 Å². The van der Waals surface area contributed by atoms with Crippen LogP contribution in [0.25, 0.3) is 10.2 Å². The number of aromatic nitrogens is 1. The molecule has 0 saturated heterocycles. The maximum Gasteiger partial charge on any atom is 0.280 e. The maximum absolute atomic E-state index is 13.0. The third-order valence-corrected chi connectivity index (χ3v) is 15.6. The summed E-state index contributed by atoms with van der Waals surface area (Å²) >= 11 is 1.39. The van der Waals surface area contributed by atoms with E-state index in [1.54, 1.807) is 6.07 Å². The minimum atomic E-state index is -1.95. The Morgan fingerprint density at radius 3 is 2.56 bits per heavy atom. The highest BCUT2D eigenvalue weighted by Crippen LogP contribution is 2.65. The van der Waals surface area contributed by atoms with E-state index in [1.165, 1.54) is 17.8 Å². The fraction of sp³-hybridized carbons (Fsp3) is 0.515. The van der Waals surface area contributed by atoms with Crippen LogP contribution in [-0.2, 0) is 10.2 Å². The van der Waals surface area contributed by atoms with Crippen LogP contribution in [0.3, 0.4) is 0 Å². The molecule has 4 fully saturated rings. The molecule has 0 radical (unpaired) electrons. The van der Waals surface area contributed by atoms with Crippen LogP contribution < -0.4 is 9.74 Å². The number of benzene rings is 2. The van der Waals surface area contributed by atoms with Crippen LogP contribution in [0.2, 0.25) is 18.1 Å². The molecule has 41 heavy (non-hydrogen) atoms. The van der Waals surface area contributed by atoms with Crippen molar-refractivity contribution in [1.29, 1.82) is 0 Å². The lowest BCUT2D eigenvalue weighted by molar-refractivity contribution is -0.126. The molecule has 4 aliphatic rings. The Morgan fingerprint density at radius 1 is 1.15 bits per heavy atom. The zero-order valence-corrected chi connectivity index (χ0v) is 26.7. The lowest BCUT2D eigenvalue weighted by Crippen LogP contribution is -2.60. The fourth-order valence-corrected chi connectivity index (χ4v) is 9.31. The number of ether oxygens (including phenoxy) is 1. The van der Waals surface area contributed by atoms with Crippen molar-refractivity contribution in [2.24, 2.45) is 11.8 Å². The van der Waals surface area contributed by atoms with Crippen molar-refractivity contribution >= 4 is 35.8 Å². The van der Waals surface area contributed by atoms with Gasteiger partial charge in [-0.05, 0) is 104 Å². The van der Waals surface area contributed by atoms with Crippen LogP contribution in [0.5, 0.6) is 11.5 Å². The molecule has 4 aliphatic carbocycles. The predicted molar refractivity (Wildman–Crippen MR) is 167 cm³/mol. The first kappa shape index (κ1) is 28.4. The Morgan fingerprint density at radius 2 is 1.88 bits per heavy atom. The summed E-state index contributed by atoms with van der Waals surface area (Å²) in [5.41, 5.74) is 2.61. The molecule has 2 unspecified atom stereocenters. The third-order valence-electron chi connectivity index (χ3n) is 10.2. The molecule has 6 nitrogen and oxygen atoms in total. The van der Waals surface area contributed by atoms with Gasteiger partial charge in [-0.25, -0.2) is 4.98 Å². The number of fused-ring (bicyclic) bond motifs is 1. The van der Waals surface area contributed by atoms with E-state index in [2.05, 4.69) is 56.8 Å². The highest BCUT2D eigenvalue weighted by molar-refractivity contribution is 7.20. The number of amides is 1. The van der Waals surface area contributed by atoms with Gasteiger partial charge < -0.3 is 19.6 Å². The highest BCUT2D eigenvalue weighted by atomic mass is 32.1. The third kappa shape index (κ3) is 5.02. The summed E-state index contributed by atoms with van der Waals surface area (Å²) < 4.78 is 14.1. The standard InChI is InChI=1S/C33H42N2O4SSi/c1-21-32(24-8-7-9-25(36)15-24)17-22-14-23(18-32)20-33(21,19-22)38-13-12-34-29(37)30-35-27-11-10-26(16-28(27)40-30)39-41(5,6)31(2,3)4/h7-11,15-16,22-23,36H,1,12-14,17-20H2,2-6H3,(H,34,37). The van der Waals surface area contributed by atoms with E-state index < -0.39 is 8.32 Å². The quantitative estimate of drug-likeness (QED) is 0.161. The predicted octanol–water partition coefficient (Wildman–Crippen LogP) is 7.59. The number of phenols is 1. The van der Waals surface area contributed by atoms with E-state index in [-0.39, 0.29) is 22.0 Å². The highest BCUT2D eigenvalue weighted by Gasteiger charge is 2.61. The first-order valence-corrected chi connectivity index (χ1v) is 18.5. The first-order chi connectivity index (χ1) is 19.3. The topological polar surface area (TPSA) is 80.7 Å². The zero-order valence-electron chi connectivity index (χ0n) is 24.9. The lowest BCUT2D eigenvalue weighted by atomic mass is 9.44. The monoisotopic (exact) mass is 590 g/mol. The molecule has 2 N–H and O–H groups in total. The minimum absolute atomic E-state index is 0.108. The Bertz CT molecular complexity index is 1490.